The Morgan fingerprint density at radius 1 is 0.447 bits per heavy atom. The van der Waals surface area contributed by atoms with Crippen molar-refractivity contribution in [2.24, 2.45) is 0 Å². The van der Waals surface area contributed by atoms with Gasteiger partial charge in [-0.05, 0) is 90.0 Å². The molecule has 2 heterocycles. The molecule has 222 valence electrons. The standard InChI is InChI=1S/C44H30N2S/c1-3-11-33(12-4-1)45(36-26-27-42-39(30-36)37-15-7-9-17-41(37)46(42)34-13-5-2-6-14-34)35-24-21-31(22-25-35)19-20-32-23-28-44-40(29-32)38-16-8-10-18-43(38)47-44/h1-30H/b20-19+/i19D,20D. The van der Waals surface area contributed by atoms with Crippen LogP contribution >= 0.6 is 11.3 Å². The molecule has 47 heavy (non-hydrogen) atoms. The fourth-order valence-corrected chi connectivity index (χ4v) is 7.71. The third kappa shape index (κ3) is 4.89. The normalized spacial score (nSPS) is 12.8. The van der Waals surface area contributed by atoms with Gasteiger partial charge in [0.25, 0.3) is 0 Å². The molecular formula is C44H30N2S. The van der Waals surface area contributed by atoms with Gasteiger partial charge in [-0.1, -0.05) is 103 Å². The lowest BCUT2D eigenvalue weighted by Gasteiger charge is -2.25. The first kappa shape index (κ1) is 25.3. The fraction of sp³-hybridized carbons (Fsp3) is 0. The van der Waals surface area contributed by atoms with Crippen molar-refractivity contribution >= 4 is 82.5 Å². The molecule has 3 heteroatoms. The minimum atomic E-state index is 0.201. The lowest BCUT2D eigenvalue weighted by Crippen LogP contribution is -2.09. The molecule has 9 rings (SSSR count). The van der Waals surface area contributed by atoms with Crippen LogP contribution < -0.4 is 4.90 Å². The van der Waals surface area contributed by atoms with E-state index in [-0.39, 0.29) is 12.1 Å². The second-order valence-corrected chi connectivity index (χ2v) is 12.8. The Bertz CT molecular complexity index is 2670. The molecule has 0 N–H and O–H groups in total. The Morgan fingerprint density at radius 3 is 1.87 bits per heavy atom. The van der Waals surface area contributed by atoms with E-state index in [0.717, 1.165) is 39.2 Å². The molecule has 0 saturated heterocycles. The Morgan fingerprint density at radius 2 is 1.04 bits per heavy atom. The van der Waals surface area contributed by atoms with Crippen LogP contribution in [0.1, 0.15) is 13.9 Å². The molecule has 0 unspecified atom stereocenters. The number of rotatable bonds is 6. The van der Waals surface area contributed by atoms with E-state index in [4.69, 9.17) is 2.74 Å². The summed E-state index contributed by atoms with van der Waals surface area (Å²) >= 11 is 1.76. The highest BCUT2D eigenvalue weighted by Gasteiger charge is 2.17. The first-order chi connectivity index (χ1) is 24.1. The van der Waals surface area contributed by atoms with Crippen LogP contribution in [0, 0.1) is 0 Å². The molecule has 0 amide bonds. The molecule has 9 aromatic rings. The largest absolute Gasteiger partial charge is 0.310 e. The van der Waals surface area contributed by atoms with Crippen LogP contribution in [-0.4, -0.2) is 4.57 Å². The highest BCUT2D eigenvalue weighted by Crippen LogP contribution is 2.40. The number of anilines is 3. The number of aromatic nitrogens is 1. The van der Waals surface area contributed by atoms with Gasteiger partial charge in [0.1, 0.15) is 0 Å². The second kappa shape index (κ2) is 11.5. The highest BCUT2D eigenvalue weighted by atomic mass is 32.1. The topological polar surface area (TPSA) is 8.17 Å². The molecule has 0 aliphatic heterocycles. The lowest BCUT2D eigenvalue weighted by atomic mass is 10.1. The zero-order valence-corrected chi connectivity index (χ0v) is 26.3. The minimum Gasteiger partial charge on any atom is -0.310 e. The Hall–Kier alpha value is -5.90. The molecule has 0 aliphatic rings. The number of para-hydroxylation sites is 3. The van der Waals surface area contributed by atoms with Crippen LogP contribution in [0.3, 0.4) is 0 Å². The summed E-state index contributed by atoms with van der Waals surface area (Å²) in [7, 11) is 0. The van der Waals surface area contributed by atoms with Gasteiger partial charge in [-0.3, -0.25) is 0 Å². The van der Waals surface area contributed by atoms with Gasteiger partial charge in [-0.15, -0.1) is 11.3 Å². The van der Waals surface area contributed by atoms with Crippen molar-refractivity contribution in [3.63, 3.8) is 0 Å². The second-order valence-electron chi connectivity index (χ2n) is 11.7. The molecule has 0 radical (unpaired) electrons. The summed E-state index contributed by atoms with van der Waals surface area (Å²) in [5.41, 5.74) is 7.98. The van der Waals surface area contributed by atoms with E-state index in [0.29, 0.717) is 5.56 Å². The molecule has 0 bridgehead atoms. The van der Waals surface area contributed by atoms with Gasteiger partial charge >= 0.3 is 0 Å². The third-order valence-electron chi connectivity index (χ3n) is 8.80. The van der Waals surface area contributed by atoms with E-state index in [1.54, 1.807) is 11.3 Å². The predicted octanol–water partition coefficient (Wildman–Crippen LogP) is 12.8. The van der Waals surface area contributed by atoms with Crippen LogP contribution in [0.4, 0.5) is 17.1 Å². The molecule has 0 atom stereocenters. The van der Waals surface area contributed by atoms with E-state index >= 15 is 0 Å². The Labute approximate surface area is 280 Å². The number of benzene rings is 7. The maximum Gasteiger partial charge on any atom is 0.0629 e. The van der Waals surface area contributed by atoms with Gasteiger partial charge in [0.2, 0.25) is 0 Å². The average molecular weight is 621 g/mol. The van der Waals surface area contributed by atoms with Gasteiger partial charge in [-0.2, -0.15) is 0 Å². The van der Waals surface area contributed by atoms with Gasteiger partial charge in [0.05, 0.1) is 13.8 Å². The Kier molecular flexibility index (Phi) is 6.18. The number of thiophene rings is 1. The molecular weight excluding hydrogens is 589 g/mol. The van der Waals surface area contributed by atoms with Crippen LogP contribution in [0.15, 0.2) is 170 Å². The first-order valence-electron chi connectivity index (χ1n) is 16.8. The SMILES string of the molecule is [2H]/C(=C(/[2H])c1ccc2sc3ccccc3c2c1)c1ccc(N(c2ccccc2)c2ccc3c(c2)c2ccccc2n3-c2ccccc2)cc1. The van der Waals surface area contributed by atoms with Gasteiger partial charge in [0.15, 0.2) is 0 Å². The number of fused-ring (bicyclic) bond motifs is 6. The molecule has 7 aromatic carbocycles. The van der Waals surface area contributed by atoms with E-state index in [2.05, 4.69) is 149 Å². The molecule has 2 aromatic heterocycles. The monoisotopic (exact) mass is 620 g/mol. The maximum atomic E-state index is 9.02. The van der Waals surface area contributed by atoms with Crippen molar-refractivity contribution in [2.45, 2.75) is 0 Å². The van der Waals surface area contributed by atoms with Gasteiger partial charge in [-0.25, -0.2) is 0 Å². The van der Waals surface area contributed by atoms with Gasteiger partial charge in [0, 0.05) is 53.7 Å². The van der Waals surface area contributed by atoms with Crippen LogP contribution in [-0.2, 0) is 0 Å². The van der Waals surface area contributed by atoms with Crippen molar-refractivity contribution in [3.8, 4) is 5.69 Å². The van der Waals surface area contributed by atoms with Crippen molar-refractivity contribution < 1.29 is 2.74 Å². The van der Waals surface area contributed by atoms with Crippen LogP contribution in [0.2, 0.25) is 0 Å². The van der Waals surface area contributed by atoms with Crippen molar-refractivity contribution in [1.29, 1.82) is 0 Å². The minimum absolute atomic E-state index is 0.201. The zero-order valence-electron chi connectivity index (χ0n) is 27.5. The van der Waals surface area contributed by atoms with E-state index in [1.807, 2.05) is 30.3 Å². The number of hydrogen-bond acceptors (Lipinski definition) is 2. The van der Waals surface area contributed by atoms with E-state index < -0.39 is 0 Å². The molecule has 2 nitrogen and oxygen atoms in total. The lowest BCUT2D eigenvalue weighted by molar-refractivity contribution is 1.18. The summed E-state index contributed by atoms with van der Waals surface area (Å²) in [6.45, 7) is 0. The summed E-state index contributed by atoms with van der Waals surface area (Å²) < 4.78 is 22.8. The number of nitrogens with zero attached hydrogens (tertiary/aromatic N) is 2. The van der Waals surface area contributed by atoms with Gasteiger partial charge < -0.3 is 9.47 Å². The summed E-state index contributed by atoms with van der Waals surface area (Å²) in [5.74, 6) is 0. The van der Waals surface area contributed by atoms with Crippen molar-refractivity contribution in [2.75, 3.05) is 4.90 Å². The Balaban J connectivity index is 1.13. The first-order valence-corrected chi connectivity index (χ1v) is 16.6. The fourth-order valence-electron chi connectivity index (χ4n) is 6.62. The highest BCUT2D eigenvalue weighted by molar-refractivity contribution is 7.25. The molecule has 0 spiro atoms. The van der Waals surface area contributed by atoms with Crippen LogP contribution in [0.5, 0.6) is 0 Å². The summed E-state index contributed by atoms with van der Waals surface area (Å²) in [6.07, 6.45) is 0. The molecule has 0 saturated carbocycles. The smallest absolute Gasteiger partial charge is 0.0629 e. The third-order valence-corrected chi connectivity index (χ3v) is 9.95. The van der Waals surface area contributed by atoms with E-state index in [9.17, 15) is 0 Å². The summed E-state index contributed by atoms with van der Waals surface area (Å²) in [5, 5.41) is 4.71. The summed E-state index contributed by atoms with van der Waals surface area (Å²) in [4.78, 5) is 2.25. The van der Waals surface area contributed by atoms with Crippen molar-refractivity contribution in [1.82, 2.24) is 4.57 Å². The quantitative estimate of drug-likeness (QED) is 0.168. The van der Waals surface area contributed by atoms with Crippen LogP contribution in [0.25, 0.3) is 59.8 Å². The predicted molar refractivity (Wildman–Crippen MR) is 204 cm³/mol. The zero-order chi connectivity index (χ0) is 32.9. The molecule has 0 aliphatic carbocycles. The maximum absolute atomic E-state index is 9.02. The van der Waals surface area contributed by atoms with E-state index in [1.165, 1.54) is 31.1 Å². The average Bonchev–Trinajstić information content (AvgIpc) is 3.70. The van der Waals surface area contributed by atoms with Crippen molar-refractivity contribution in [3.05, 3.63) is 181 Å². The molecule has 0 fully saturated rings. The summed E-state index contributed by atoms with van der Waals surface area (Å²) in [6, 6.07) is 59.0. The number of hydrogen-bond donors (Lipinski definition) is 0.